The number of halogens is 1. The summed E-state index contributed by atoms with van der Waals surface area (Å²) < 4.78 is 0. The molecule has 23 heavy (non-hydrogen) atoms. The molecule has 0 aliphatic carbocycles. The largest absolute Gasteiger partial charge is 0.367 e. The van der Waals surface area contributed by atoms with Crippen LogP contribution < -0.4 is 10.5 Å². The van der Waals surface area contributed by atoms with Crippen molar-refractivity contribution in [2.24, 2.45) is 0 Å². The molecule has 0 unspecified atom stereocenters. The van der Waals surface area contributed by atoms with Crippen LogP contribution in [0.2, 0.25) is 5.02 Å². The number of aromatic amines is 1. The van der Waals surface area contributed by atoms with Gasteiger partial charge in [-0.1, -0.05) is 41.9 Å². The van der Waals surface area contributed by atoms with E-state index in [4.69, 9.17) is 11.6 Å². The quantitative estimate of drug-likeness (QED) is 0.754. The Morgan fingerprint density at radius 2 is 1.65 bits per heavy atom. The molecule has 3 rings (SSSR count). The average molecular weight is 327 g/mol. The normalized spacial score (nSPS) is 10.9. The first-order valence-corrected chi connectivity index (χ1v) is 8.19. The highest BCUT2D eigenvalue weighted by Gasteiger charge is 2.18. The zero-order chi connectivity index (χ0) is 16.4. The van der Waals surface area contributed by atoms with Crippen LogP contribution in [0, 0.1) is 0 Å². The Morgan fingerprint density at radius 1 is 1.00 bits per heavy atom. The monoisotopic (exact) mass is 326 g/mol. The van der Waals surface area contributed by atoms with Crippen molar-refractivity contribution in [2.75, 3.05) is 18.0 Å². The van der Waals surface area contributed by atoms with Gasteiger partial charge in [-0.25, -0.2) is 0 Å². The van der Waals surface area contributed by atoms with Crippen LogP contribution >= 0.6 is 11.6 Å². The highest BCUT2D eigenvalue weighted by atomic mass is 35.5. The van der Waals surface area contributed by atoms with Gasteiger partial charge in [-0.2, -0.15) is 0 Å². The molecule has 0 radical (unpaired) electrons. The van der Waals surface area contributed by atoms with Crippen LogP contribution in [-0.4, -0.2) is 18.1 Å². The number of anilines is 1. The minimum Gasteiger partial charge on any atom is -0.367 e. The molecular weight excluding hydrogens is 308 g/mol. The molecule has 1 heterocycles. The van der Waals surface area contributed by atoms with Gasteiger partial charge in [0.05, 0.1) is 0 Å². The third kappa shape index (κ3) is 2.84. The Kier molecular flexibility index (Phi) is 4.39. The lowest BCUT2D eigenvalue weighted by Crippen LogP contribution is -2.29. The molecule has 0 atom stereocenters. The average Bonchev–Trinajstić information content (AvgIpc) is 2.57. The first-order valence-electron chi connectivity index (χ1n) is 7.81. The highest BCUT2D eigenvalue weighted by Crippen LogP contribution is 2.34. The summed E-state index contributed by atoms with van der Waals surface area (Å²) in [7, 11) is 0. The van der Waals surface area contributed by atoms with E-state index >= 15 is 0 Å². The third-order valence-corrected chi connectivity index (χ3v) is 4.36. The topological polar surface area (TPSA) is 36.1 Å². The van der Waals surface area contributed by atoms with Crippen molar-refractivity contribution < 1.29 is 0 Å². The van der Waals surface area contributed by atoms with Gasteiger partial charge in [0.2, 0.25) is 0 Å². The molecule has 4 heteroatoms. The second kappa shape index (κ2) is 6.47. The second-order valence-electron chi connectivity index (χ2n) is 5.40. The molecule has 0 aliphatic heterocycles. The van der Waals surface area contributed by atoms with E-state index < -0.39 is 0 Å². The molecule has 0 saturated carbocycles. The maximum Gasteiger partial charge on any atom is 0.272 e. The predicted molar refractivity (Wildman–Crippen MR) is 98.6 cm³/mol. The number of pyridine rings is 1. The van der Waals surface area contributed by atoms with E-state index in [1.165, 1.54) is 0 Å². The van der Waals surface area contributed by atoms with Gasteiger partial charge in [-0.15, -0.1) is 0 Å². The number of para-hydroxylation sites is 1. The minimum absolute atomic E-state index is 0.0580. The molecule has 0 bridgehead atoms. The molecule has 0 fully saturated rings. The van der Waals surface area contributed by atoms with Crippen molar-refractivity contribution in [3.63, 3.8) is 0 Å². The number of nitrogens with zero attached hydrogens (tertiary/aromatic N) is 1. The van der Waals surface area contributed by atoms with Crippen LogP contribution in [0.25, 0.3) is 22.0 Å². The fourth-order valence-corrected chi connectivity index (χ4v) is 3.11. The number of fused-ring (bicyclic) bond motifs is 1. The second-order valence-corrected chi connectivity index (χ2v) is 5.84. The molecule has 118 valence electrons. The molecule has 0 spiro atoms. The lowest BCUT2D eigenvalue weighted by atomic mass is 9.98. The zero-order valence-electron chi connectivity index (χ0n) is 13.3. The lowest BCUT2D eigenvalue weighted by molar-refractivity contribution is 0.859. The van der Waals surface area contributed by atoms with Crippen LogP contribution in [0.4, 0.5) is 5.69 Å². The van der Waals surface area contributed by atoms with Crippen LogP contribution in [-0.2, 0) is 0 Å². The number of H-pyrrole nitrogens is 1. The maximum absolute atomic E-state index is 12.7. The Balaban J connectivity index is 2.41. The Hall–Kier alpha value is -2.26. The minimum atomic E-state index is -0.0580. The predicted octanol–water partition coefficient (Wildman–Crippen LogP) is 4.69. The van der Waals surface area contributed by atoms with Gasteiger partial charge >= 0.3 is 0 Å². The van der Waals surface area contributed by atoms with E-state index in [1.807, 2.05) is 48.5 Å². The Labute approximate surface area is 140 Å². The SMILES string of the molecule is CCN(CC)c1c(-c2ccc(Cl)cc2)c2ccccc2[nH]c1=O. The fourth-order valence-electron chi connectivity index (χ4n) is 2.98. The summed E-state index contributed by atoms with van der Waals surface area (Å²) in [5.74, 6) is 0. The summed E-state index contributed by atoms with van der Waals surface area (Å²) in [4.78, 5) is 17.8. The number of rotatable bonds is 4. The van der Waals surface area contributed by atoms with Gasteiger partial charge in [-0.3, -0.25) is 4.79 Å². The standard InChI is InChI=1S/C19H19ClN2O/c1-3-22(4-2)18-17(13-9-11-14(20)12-10-13)15-7-5-6-8-16(15)21-19(18)23/h5-12H,3-4H2,1-2H3,(H,21,23). The van der Waals surface area contributed by atoms with E-state index in [9.17, 15) is 4.79 Å². The molecule has 2 aromatic carbocycles. The summed E-state index contributed by atoms with van der Waals surface area (Å²) in [6.07, 6.45) is 0. The van der Waals surface area contributed by atoms with Gasteiger partial charge in [0.25, 0.3) is 5.56 Å². The van der Waals surface area contributed by atoms with Gasteiger partial charge in [0.15, 0.2) is 0 Å². The van der Waals surface area contributed by atoms with Crippen molar-refractivity contribution in [1.29, 1.82) is 0 Å². The van der Waals surface area contributed by atoms with Gasteiger partial charge in [0.1, 0.15) is 5.69 Å². The van der Waals surface area contributed by atoms with E-state index in [-0.39, 0.29) is 5.56 Å². The van der Waals surface area contributed by atoms with Crippen molar-refractivity contribution >= 4 is 28.2 Å². The molecule has 1 N–H and O–H groups in total. The first-order chi connectivity index (χ1) is 11.2. The van der Waals surface area contributed by atoms with Crippen molar-refractivity contribution in [2.45, 2.75) is 13.8 Å². The number of hydrogen-bond donors (Lipinski definition) is 1. The Bertz CT molecular complexity index is 880. The Morgan fingerprint density at radius 3 is 2.30 bits per heavy atom. The maximum atomic E-state index is 12.7. The molecule has 1 aromatic heterocycles. The van der Waals surface area contributed by atoms with E-state index in [1.54, 1.807) is 0 Å². The van der Waals surface area contributed by atoms with Crippen molar-refractivity contribution in [3.05, 3.63) is 63.9 Å². The van der Waals surface area contributed by atoms with E-state index in [0.29, 0.717) is 5.02 Å². The molecular formula is C19H19ClN2O. The van der Waals surface area contributed by atoms with Crippen molar-refractivity contribution in [1.82, 2.24) is 4.98 Å². The fraction of sp³-hybridized carbons (Fsp3) is 0.211. The van der Waals surface area contributed by atoms with Gasteiger partial charge in [-0.05, 0) is 37.6 Å². The van der Waals surface area contributed by atoms with Crippen LogP contribution in [0.1, 0.15) is 13.8 Å². The van der Waals surface area contributed by atoms with Crippen molar-refractivity contribution in [3.8, 4) is 11.1 Å². The third-order valence-electron chi connectivity index (χ3n) is 4.11. The van der Waals surface area contributed by atoms with Gasteiger partial charge < -0.3 is 9.88 Å². The summed E-state index contributed by atoms with van der Waals surface area (Å²) in [5.41, 5.74) is 3.47. The van der Waals surface area contributed by atoms with E-state index in [0.717, 1.165) is 40.8 Å². The molecule has 0 aliphatic rings. The van der Waals surface area contributed by atoms with Crippen LogP contribution in [0.5, 0.6) is 0 Å². The summed E-state index contributed by atoms with van der Waals surface area (Å²) in [6.45, 7) is 5.67. The first kappa shape index (κ1) is 15.6. The number of nitrogens with one attached hydrogen (secondary N) is 1. The highest BCUT2D eigenvalue weighted by molar-refractivity contribution is 6.30. The molecule has 3 aromatic rings. The summed E-state index contributed by atoms with van der Waals surface area (Å²) in [6, 6.07) is 15.6. The summed E-state index contributed by atoms with van der Waals surface area (Å²) >= 11 is 6.03. The van der Waals surface area contributed by atoms with Gasteiger partial charge in [0, 0.05) is 34.6 Å². The smallest absolute Gasteiger partial charge is 0.272 e. The number of benzene rings is 2. The number of hydrogen-bond acceptors (Lipinski definition) is 2. The number of aromatic nitrogens is 1. The van der Waals surface area contributed by atoms with Crippen LogP contribution in [0.15, 0.2) is 53.3 Å². The van der Waals surface area contributed by atoms with Crippen LogP contribution in [0.3, 0.4) is 0 Å². The molecule has 0 amide bonds. The zero-order valence-corrected chi connectivity index (χ0v) is 14.0. The summed E-state index contributed by atoms with van der Waals surface area (Å²) in [5, 5.41) is 1.73. The molecule has 3 nitrogen and oxygen atoms in total. The lowest BCUT2D eigenvalue weighted by Gasteiger charge is -2.24. The molecule has 0 saturated heterocycles. The van der Waals surface area contributed by atoms with E-state index in [2.05, 4.69) is 23.7 Å².